The van der Waals surface area contributed by atoms with Crippen molar-refractivity contribution < 1.29 is 4.74 Å². The fraction of sp³-hybridized carbons (Fsp3) is 0.647. The van der Waals surface area contributed by atoms with Gasteiger partial charge in [-0.2, -0.15) is 0 Å². The van der Waals surface area contributed by atoms with Gasteiger partial charge < -0.3 is 10.1 Å². The summed E-state index contributed by atoms with van der Waals surface area (Å²) in [5.74, 6) is 1.02. The van der Waals surface area contributed by atoms with Crippen LogP contribution in [0.2, 0.25) is 0 Å². The van der Waals surface area contributed by atoms with Gasteiger partial charge in [-0.1, -0.05) is 31.5 Å². The summed E-state index contributed by atoms with van der Waals surface area (Å²) in [5.41, 5.74) is 1.21. The fourth-order valence-electron chi connectivity index (χ4n) is 2.08. The predicted octanol–water partition coefficient (Wildman–Crippen LogP) is 4.32. The highest BCUT2D eigenvalue weighted by atomic mass is 16.5. The van der Waals surface area contributed by atoms with Crippen molar-refractivity contribution in [3.63, 3.8) is 0 Å². The first-order chi connectivity index (χ1) is 9.13. The molecule has 0 bridgehead atoms. The van der Waals surface area contributed by atoms with Crippen molar-refractivity contribution in [3.05, 3.63) is 29.8 Å². The third-order valence-corrected chi connectivity index (χ3v) is 3.45. The molecule has 0 aliphatic heterocycles. The minimum Gasteiger partial charge on any atom is -0.490 e. The Balaban J connectivity index is 2.24. The molecule has 0 heterocycles. The van der Waals surface area contributed by atoms with Crippen LogP contribution in [0.15, 0.2) is 24.3 Å². The van der Waals surface area contributed by atoms with Crippen molar-refractivity contribution in [1.82, 2.24) is 5.32 Å². The first-order valence-corrected chi connectivity index (χ1v) is 7.59. The molecule has 0 saturated carbocycles. The number of aryl methyl sites for hydroxylation is 1. The van der Waals surface area contributed by atoms with Gasteiger partial charge in [0.1, 0.15) is 5.75 Å². The van der Waals surface area contributed by atoms with Crippen LogP contribution < -0.4 is 10.1 Å². The lowest BCUT2D eigenvalue weighted by atomic mass is 10.1. The van der Waals surface area contributed by atoms with Crippen LogP contribution in [0.1, 0.15) is 52.0 Å². The maximum absolute atomic E-state index is 5.99. The van der Waals surface area contributed by atoms with Crippen LogP contribution in [-0.2, 0) is 0 Å². The highest BCUT2D eigenvalue weighted by Gasteiger charge is 2.08. The van der Waals surface area contributed by atoms with Crippen molar-refractivity contribution in [2.45, 2.75) is 65.5 Å². The quantitative estimate of drug-likeness (QED) is 0.670. The highest BCUT2D eigenvalue weighted by Crippen LogP contribution is 2.19. The van der Waals surface area contributed by atoms with Crippen molar-refractivity contribution in [2.75, 3.05) is 6.54 Å². The summed E-state index contributed by atoms with van der Waals surface area (Å²) in [6, 6.07) is 8.80. The number of ether oxygens (including phenoxy) is 1. The van der Waals surface area contributed by atoms with Gasteiger partial charge in [0.2, 0.25) is 0 Å². The van der Waals surface area contributed by atoms with Crippen LogP contribution in [0, 0.1) is 6.92 Å². The zero-order valence-corrected chi connectivity index (χ0v) is 12.9. The van der Waals surface area contributed by atoms with E-state index in [0.29, 0.717) is 6.04 Å². The molecule has 2 heteroatoms. The SMILES string of the molecule is CCCCN[C@@H](C)CC[C@@H](C)Oc1ccccc1C. The lowest BCUT2D eigenvalue weighted by molar-refractivity contribution is 0.201. The Morgan fingerprint density at radius 2 is 1.89 bits per heavy atom. The number of para-hydroxylation sites is 1. The van der Waals surface area contributed by atoms with Gasteiger partial charge in [-0.3, -0.25) is 0 Å². The van der Waals surface area contributed by atoms with Crippen LogP contribution in [0.5, 0.6) is 5.75 Å². The number of rotatable bonds is 9. The summed E-state index contributed by atoms with van der Waals surface area (Å²) >= 11 is 0. The molecule has 0 saturated heterocycles. The molecule has 1 rings (SSSR count). The Bertz CT molecular complexity index is 351. The number of hydrogen-bond donors (Lipinski definition) is 1. The van der Waals surface area contributed by atoms with Gasteiger partial charge in [0, 0.05) is 6.04 Å². The van der Waals surface area contributed by atoms with E-state index in [1.165, 1.54) is 18.4 Å². The van der Waals surface area contributed by atoms with Gasteiger partial charge in [0.25, 0.3) is 0 Å². The van der Waals surface area contributed by atoms with Crippen LogP contribution in [0.4, 0.5) is 0 Å². The molecule has 1 aromatic rings. The van der Waals surface area contributed by atoms with E-state index in [1.54, 1.807) is 0 Å². The fourth-order valence-corrected chi connectivity index (χ4v) is 2.08. The van der Waals surface area contributed by atoms with Crippen LogP contribution in [-0.4, -0.2) is 18.7 Å². The lowest BCUT2D eigenvalue weighted by Gasteiger charge is -2.19. The van der Waals surface area contributed by atoms with E-state index in [0.717, 1.165) is 25.1 Å². The average Bonchev–Trinajstić information content (AvgIpc) is 2.39. The van der Waals surface area contributed by atoms with E-state index in [9.17, 15) is 0 Å². The summed E-state index contributed by atoms with van der Waals surface area (Å²) in [6.45, 7) is 9.87. The molecule has 1 aromatic carbocycles. The van der Waals surface area contributed by atoms with Gasteiger partial charge in [-0.15, -0.1) is 0 Å². The van der Waals surface area contributed by atoms with E-state index in [1.807, 2.05) is 12.1 Å². The molecule has 0 fully saturated rings. The van der Waals surface area contributed by atoms with Crippen molar-refractivity contribution in [3.8, 4) is 5.75 Å². The molecule has 0 aliphatic carbocycles. The Kier molecular flexibility index (Phi) is 7.57. The van der Waals surface area contributed by atoms with Crippen LogP contribution in [0.25, 0.3) is 0 Å². The third kappa shape index (κ3) is 6.63. The molecule has 19 heavy (non-hydrogen) atoms. The van der Waals surface area contributed by atoms with E-state index in [2.05, 4.69) is 45.1 Å². The Labute approximate surface area is 118 Å². The first-order valence-electron chi connectivity index (χ1n) is 7.59. The van der Waals surface area contributed by atoms with Crippen molar-refractivity contribution in [2.24, 2.45) is 0 Å². The van der Waals surface area contributed by atoms with E-state index >= 15 is 0 Å². The second-order valence-electron chi connectivity index (χ2n) is 5.48. The van der Waals surface area contributed by atoms with Gasteiger partial charge in [0.05, 0.1) is 6.10 Å². The molecular formula is C17H29NO. The molecule has 0 amide bonds. The molecule has 108 valence electrons. The smallest absolute Gasteiger partial charge is 0.122 e. The van der Waals surface area contributed by atoms with E-state index in [-0.39, 0.29) is 6.10 Å². The monoisotopic (exact) mass is 263 g/mol. The Morgan fingerprint density at radius 1 is 1.16 bits per heavy atom. The van der Waals surface area contributed by atoms with Crippen molar-refractivity contribution in [1.29, 1.82) is 0 Å². The molecule has 0 unspecified atom stereocenters. The minimum absolute atomic E-state index is 0.275. The summed E-state index contributed by atoms with van der Waals surface area (Å²) < 4.78 is 5.99. The summed E-state index contributed by atoms with van der Waals surface area (Å²) in [6.07, 6.45) is 5.05. The second kappa shape index (κ2) is 8.98. The zero-order valence-electron chi connectivity index (χ0n) is 12.9. The summed E-state index contributed by atoms with van der Waals surface area (Å²) in [4.78, 5) is 0. The molecule has 0 spiro atoms. The summed E-state index contributed by atoms with van der Waals surface area (Å²) in [7, 11) is 0. The molecule has 0 aromatic heterocycles. The van der Waals surface area contributed by atoms with Gasteiger partial charge in [0.15, 0.2) is 0 Å². The summed E-state index contributed by atoms with van der Waals surface area (Å²) in [5, 5.41) is 3.56. The Hall–Kier alpha value is -1.02. The maximum atomic E-state index is 5.99. The van der Waals surface area contributed by atoms with Gasteiger partial charge in [-0.25, -0.2) is 0 Å². The van der Waals surface area contributed by atoms with Gasteiger partial charge in [-0.05, 0) is 58.2 Å². The lowest BCUT2D eigenvalue weighted by Crippen LogP contribution is -2.28. The normalized spacial score (nSPS) is 14.1. The molecular weight excluding hydrogens is 234 g/mol. The Morgan fingerprint density at radius 3 is 2.58 bits per heavy atom. The number of hydrogen-bond acceptors (Lipinski definition) is 2. The minimum atomic E-state index is 0.275. The standard InChI is InChI=1S/C17H29NO/c1-5-6-13-18-15(3)11-12-16(4)19-17-10-8-7-9-14(17)2/h7-10,15-16,18H,5-6,11-13H2,1-4H3/t15-,16+/m0/s1. The van der Waals surface area contributed by atoms with Crippen LogP contribution in [0.3, 0.4) is 0 Å². The zero-order chi connectivity index (χ0) is 14.1. The first kappa shape index (κ1) is 16.0. The maximum Gasteiger partial charge on any atom is 0.122 e. The number of unbranched alkanes of at least 4 members (excludes halogenated alkanes) is 1. The predicted molar refractivity (Wildman–Crippen MR) is 82.9 cm³/mol. The van der Waals surface area contributed by atoms with E-state index < -0.39 is 0 Å². The molecule has 0 aliphatic rings. The topological polar surface area (TPSA) is 21.3 Å². The molecule has 1 N–H and O–H groups in total. The number of nitrogens with one attached hydrogen (secondary N) is 1. The van der Waals surface area contributed by atoms with Gasteiger partial charge >= 0.3 is 0 Å². The van der Waals surface area contributed by atoms with Crippen LogP contribution >= 0.6 is 0 Å². The average molecular weight is 263 g/mol. The van der Waals surface area contributed by atoms with E-state index in [4.69, 9.17) is 4.74 Å². The van der Waals surface area contributed by atoms with Crippen molar-refractivity contribution >= 4 is 0 Å². The largest absolute Gasteiger partial charge is 0.490 e. The third-order valence-electron chi connectivity index (χ3n) is 3.45. The molecule has 0 radical (unpaired) electrons. The molecule has 2 atom stereocenters. The highest BCUT2D eigenvalue weighted by molar-refractivity contribution is 5.31. The molecule has 2 nitrogen and oxygen atoms in total. The second-order valence-corrected chi connectivity index (χ2v) is 5.48. The number of benzene rings is 1.